The van der Waals surface area contributed by atoms with E-state index in [1.54, 1.807) is 0 Å². The molecule has 0 N–H and O–H groups in total. The Hall–Kier alpha value is -2.37. The highest BCUT2D eigenvalue weighted by Crippen LogP contribution is 2.13. The maximum Gasteiger partial charge on any atom is 0.306 e. The third kappa shape index (κ3) is 38.7. The molecule has 0 amide bonds. The molecule has 0 saturated carbocycles. The first-order valence-corrected chi connectivity index (χ1v) is 21.5. The molecule has 0 aliphatic heterocycles. The van der Waals surface area contributed by atoms with Gasteiger partial charge >= 0.3 is 17.9 Å². The van der Waals surface area contributed by atoms with E-state index >= 15 is 0 Å². The van der Waals surface area contributed by atoms with E-state index in [-0.39, 0.29) is 31.1 Å². The molecule has 0 bridgehead atoms. The number of rotatable bonds is 38. The van der Waals surface area contributed by atoms with Gasteiger partial charge in [-0.2, -0.15) is 0 Å². The first-order chi connectivity index (χ1) is 25.0. The van der Waals surface area contributed by atoms with Crippen molar-refractivity contribution in [3.63, 3.8) is 0 Å². The summed E-state index contributed by atoms with van der Waals surface area (Å²) >= 11 is 0. The summed E-state index contributed by atoms with van der Waals surface area (Å²) in [5.41, 5.74) is 0. The highest BCUT2D eigenvalue weighted by atomic mass is 16.6. The Morgan fingerprint density at radius 1 is 0.392 bits per heavy atom. The summed E-state index contributed by atoms with van der Waals surface area (Å²) in [5.74, 6) is -0.910. The molecule has 0 fully saturated rings. The highest BCUT2D eigenvalue weighted by Gasteiger charge is 2.19. The third-order valence-electron chi connectivity index (χ3n) is 9.12. The Morgan fingerprint density at radius 2 is 0.725 bits per heavy atom. The van der Waals surface area contributed by atoms with Crippen LogP contribution in [0.15, 0.2) is 36.5 Å². The normalized spacial score (nSPS) is 12.3. The number of esters is 3. The van der Waals surface area contributed by atoms with Crippen LogP contribution >= 0.6 is 0 Å². The lowest BCUT2D eigenvalue weighted by Crippen LogP contribution is -2.30. The van der Waals surface area contributed by atoms with Crippen molar-refractivity contribution in [1.29, 1.82) is 0 Å². The zero-order valence-corrected chi connectivity index (χ0v) is 33.6. The van der Waals surface area contributed by atoms with Crippen molar-refractivity contribution in [2.45, 2.75) is 219 Å². The van der Waals surface area contributed by atoms with Crippen LogP contribution in [0.25, 0.3) is 0 Å². The highest BCUT2D eigenvalue weighted by molar-refractivity contribution is 5.71. The SMILES string of the molecule is CCCC/C=C\C/C=C\CCCCCCCC(=O)OCC(COC(=O)CCCCCCCCCC)OC(=O)CCCCCCC/C=C\CCCC. The molecule has 0 aromatic rings. The zero-order chi connectivity index (χ0) is 37.3. The molecule has 0 spiro atoms. The van der Waals surface area contributed by atoms with Crippen molar-refractivity contribution in [2.75, 3.05) is 13.2 Å². The minimum Gasteiger partial charge on any atom is -0.462 e. The minimum absolute atomic E-state index is 0.0791. The van der Waals surface area contributed by atoms with E-state index in [1.807, 2.05) is 0 Å². The fraction of sp³-hybridized carbons (Fsp3) is 0.800. The van der Waals surface area contributed by atoms with Gasteiger partial charge in [0.25, 0.3) is 0 Å². The van der Waals surface area contributed by atoms with Crippen LogP contribution in [-0.2, 0) is 28.6 Å². The number of ether oxygens (including phenoxy) is 3. The van der Waals surface area contributed by atoms with Crippen molar-refractivity contribution in [1.82, 2.24) is 0 Å². The number of carbonyl (C=O) groups excluding carboxylic acids is 3. The van der Waals surface area contributed by atoms with Gasteiger partial charge in [-0.15, -0.1) is 0 Å². The number of unbranched alkanes of at least 4 members (excludes halogenated alkanes) is 21. The summed E-state index contributed by atoms with van der Waals surface area (Å²) in [6, 6.07) is 0. The Kier molecular flexibility index (Phi) is 38.5. The van der Waals surface area contributed by atoms with Gasteiger partial charge in [0.15, 0.2) is 6.10 Å². The molecule has 0 heterocycles. The largest absolute Gasteiger partial charge is 0.462 e. The minimum atomic E-state index is -0.775. The monoisotopic (exact) mass is 717 g/mol. The fourth-order valence-electron chi connectivity index (χ4n) is 5.79. The lowest BCUT2D eigenvalue weighted by molar-refractivity contribution is -0.167. The second-order valence-electron chi connectivity index (χ2n) is 14.3. The van der Waals surface area contributed by atoms with Gasteiger partial charge in [-0.25, -0.2) is 0 Å². The van der Waals surface area contributed by atoms with E-state index < -0.39 is 6.10 Å². The molecule has 0 aromatic heterocycles. The first-order valence-electron chi connectivity index (χ1n) is 21.5. The van der Waals surface area contributed by atoms with E-state index in [4.69, 9.17) is 14.2 Å². The maximum atomic E-state index is 12.6. The van der Waals surface area contributed by atoms with E-state index in [9.17, 15) is 14.4 Å². The maximum absolute atomic E-state index is 12.6. The fourth-order valence-corrected chi connectivity index (χ4v) is 5.79. The second kappa shape index (κ2) is 40.4. The van der Waals surface area contributed by atoms with Gasteiger partial charge in [0.05, 0.1) is 0 Å². The number of hydrogen-bond acceptors (Lipinski definition) is 6. The van der Waals surface area contributed by atoms with Gasteiger partial charge in [0, 0.05) is 19.3 Å². The Balaban J connectivity index is 4.37. The lowest BCUT2D eigenvalue weighted by atomic mass is 10.1. The summed E-state index contributed by atoms with van der Waals surface area (Å²) in [6.45, 7) is 6.49. The number of hydrogen-bond donors (Lipinski definition) is 0. The van der Waals surface area contributed by atoms with Crippen LogP contribution in [0.4, 0.5) is 0 Å². The summed E-state index contributed by atoms with van der Waals surface area (Å²) in [7, 11) is 0. The van der Waals surface area contributed by atoms with Crippen LogP contribution in [0.2, 0.25) is 0 Å². The Bertz CT molecular complexity index is 876. The molecule has 6 heteroatoms. The van der Waals surface area contributed by atoms with Crippen molar-refractivity contribution in [3.05, 3.63) is 36.5 Å². The molecule has 0 aliphatic rings. The van der Waals surface area contributed by atoms with E-state index in [1.165, 1.54) is 83.5 Å². The lowest BCUT2D eigenvalue weighted by Gasteiger charge is -2.18. The molecule has 0 aromatic carbocycles. The predicted molar refractivity (Wildman–Crippen MR) is 215 cm³/mol. The van der Waals surface area contributed by atoms with Crippen LogP contribution in [0.1, 0.15) is 213 Å². The first kappa shape index (κ1) is 48.6. The van der Waals surface area contributed by atoms with Crippen molar-refractivity contribution < 1.29 is 28.6 Å². The average molecular weight is 717 g/mol. The molecule has 0 rings (SSSR count). The Labute approximate surface area is 315 Å². The van der Waals surface area contributed by atoms with Gasteiger partial charge in [-0.05, 0) is 64.2 Å². The van der Waals surface area contributed by atoms with Crippen LogP contribution in [-0.4, -0.2) is 37.2 Å². The molecule has 296 valence electrons. The summed E-state index contributed by atoms with van der Waals surface area (Å²) < 4.78 is 16.6. The molecule has 1 unspecified atom stereocenters. The van der Waals surface area contributed by atoms with Crippen LogP contribution in [0, 0.1) is 0 Å². The summed E-state index contributed by atoms with van der Waals surface area (Å²) in [4.78, 5) is 37.5. The smallest absolute Gasteiger partial charge is 0.306 e. The topological polar surface area (TPSA) is 78.9 Å². The zero-order valence-electron chi connectivity index (χ0n) is 33.6. The van der Waals surface area contributed by atoms with E-state index in [2.05, 4.69) is 57.2 Å². The average Bonchev–Trinajstić information content (AvgIpc) is 3.12. The van der Waals surface area contributed by atoms with Crippen molar-refractivity contribution in [2.24, 2.45) is 0 Å². The molecular formula is C45H80O6. The standard InChI is InChI=1S/C45H80O6/c1-4-7-10-13-16-19-21-22-23-25-26-29-32-35-38-44(47)50-41-42(40-49-43(46)37-34-31-28-18-15-12-9-6-3)51-45(48)39-36-33-30-27-24-20-17-14-11-8-5-2/h13-14,16-17,21-22,42H,4-12,15,18-20,23-41H2,1-3H3/b16-13-,17-14-,22-21-. The van der Waals surface area contributed by atoms with Gasteiger partial charge in [0.2, 0.25) is 0 Å². The molecule has 51 heavy (non-hydrogen) atoms. The van der Waals surface area contributed by atoms with Gasteiger partial charge in [-0.3, -0.25) is 14.4 Å². The van der Waals surface area contributed by atoms with Crippen LogP contribution in [0.3, 0.4) is 0 Å². The second-order valence-corrected chi connectivity index (χ2v) is 14.3. The summed E-state index contributed by atoms with van der Waals surface area (Å²) in [5, 5.41) is 0. The molecule has 1 atom stereocenters. The predicted octanol–water partition coefficient (Wildman–Crippen LogP) is 13.4. The van der Waals surface area contributed by atoms with Crippen molar-refractivity contribution in [3.8, 4) is 0 Å². The quantitative estimate of drug-likeness (QED) is 0.0274. The molecular weight excluding hydrogens is 636 g/mol. The number of allylic oxidation sites excluding steroid dienone is 6. The van der Waals surface area contributed by atoms with E-state index in [0.717, 1.165) is 89.9 Å². The number of carbonyl (C=O) groups is 3. The molecule has 0 radical (unpaired) electrons. The molecule has 0 aliphatic carbocycles. The Morgan fingerprint density at radius 3 is 1.16 bits per heavy atom. The van der Waals surface area contributed by atoms with Gasteiger partial charge in [0.1, 0.15) is 13.2 Å². The molecule has 0 saturated heterocycles. The van der Waals surface area contributed by atoms with E-state index in [0.29, 0.717) is 19.3 Å². The van der Waals surface area contributed by atoms with Gasteiger partial charge in [-0.1, -0.05) is 166 Å². The van der Waals surface area contributed by atoms with Crippen LogP contribution < -0.4 is 0 Å². The van der Waals surface area contributed by atoms with Gasteiger partial charge < -0.3 is 14.2 Å². The summed E-state index contributed by atoms with van der Waals surface area (Å²) in [6.07, 6.45) is 44.1. The third-order valence-corrected chi connectivity index (χ3v) is 9.12. The molecule has 6 nitrogen and oxygen atoms in total. The van der Waals surface area contributed by atoms with Crippen LogP contribution in [0.5, 0.6) is 0 Å². The van der Waals surface area contributed by atoms with Crippen molar-refractivity contribution >= 4 is 17.9 Å².